The summed E-state index contributed by atoms with van der Waals surface area (Å²) in [5.41, 5.74) is -0.183. The maximum atomic E-state index is 13.8. The highest BCUT2D eigenvalue weighted by atomic mass is 19.3. The Hall–Kier alpha value is -2.21. The number of nitrogens with one attached hydrogen (secondary N) is 2. The summed E-state index contributed by atoms with van der Waals surface area (Å²) in [6.07, 6.45) is 7.65. The van der Waals surface area contributed by atoms with Gasteiger partial charge in [-0.1, -0.05) is 0 Å². The first-order valence-corrected chi connectivity index (χ1v) is 11.4. The number of aromatic nitrogens is 2. The third-order valence-corrected chi connectivity index (χ3v) is 7.82. The van der Waals surface area contributed by atoms with E-state index in [1.54, 1.807) is 0 Å². The smallest absolute Gasteiger partial charge is 0.268 e. The first kappa shape index (κ1) is 20.7. The summed E-state index contributed by atoms with van der Waals surface area (Å²) in [5, 5.41) is 20.9. The molecule has 9 heteroatoms. The summed E-state index contributed by atoms with van der Waals surface area (Å²) >= 11 is 0. The van der Waals surface area contributed by atoms with Crippen molar-refractivity contribution in [1.82, 2.24) is 20.0 Å². The lowest BCUT2D eigenvalue weighted by Gasteiger charge is -2.62. The topological polar surface area (TPSA) is 86.0 Å². The van der Waals surface area contributed by atoms with Crippen LogP contribution in [0.3, 0.4) is 0 Å². The van der Waals surface area contributed by atoms with E-state index in [0.717, 1.165) is 49.4 Å². The van der Waals surface area contributed by atoms with E-state index in [4.69, 9.17) is 0 Å². The number of rotatable bonds is 6. The van der Waals surface area contributed by atoms with Crippen LogP contribution >= 0.6 is 0 Å². The van der Waals surface area contributed by atoms with E-state index in [0.29, 0.717) is 11.8 Å². The monoisotopic (exact) mass is 432 g/mol. The second-order valence-corrected chi connectivity index (χ2v) is 10.3. The van der Waals surface area contributed by atoms with Gasteiger partial charge in [0.15, 0.2) is 0 Å². The Balaban J connectivity index is 1.30. The van der Waals surface area contributed by atoms with Crippen LogP contribution in [0.15, 0.2) is 12.3 Å². The number of amides is 1. The number of hydrogen-bond acceptors (Lipinski definition) is 5. The molecule has 2 unspecified atom stereocenters. The molecular formula is C22H30F2N6O. The molecule has 4 aliphatic carbocycles. The van der Waals surface area contributed by atoms with Gasteiger partial charge in [-0.05, 0) is 57.3 Å². The van der Waals surface area contributed by atoms with Crippen molar-refractivity contribution in [3.63, 3.8) is 0 Å². The Morgan fingerprint density at radius 2 is 1.97 bits per heavy atom. The highest BCUT2D eigenvalue weighted by Gasteiger charge is 2.58. The normalized spacial score (nSPS) is 37.7. The molecule has 5 aliphatic rings. The van der Waals surface area contributed by atoms with Gasteiger partial charge in [-0.15, -0.1) is 0 Å². The molecule has 6 rings (SSSR count). The molecule has 31 heavy (non-hydrogen) atoms. The fraction of sp³-hybridized carbons (Fsp3) is 0.773. The highest BCUT2D eigenvalue weighted by molar-refractivity contribution is 5.79. The highest BCUT2D eigenvalue weighted by Crippen LogP contribution is 2.58. The molecule has 4 bridgehead atoms. The Kier molecular flexibility index (Phi) is 4.77. The second-order valence-electron chi connectivity index (χ2n) is 10.3. The summed E-state index contributed by atoms with van der Waals surface area (Å²) in [6, 6.07) is 2.84. The van der Waals surface area contributed by atoms with Crippen LogP contribution in [-0.2, 0) is 11.3 Å². The predicted octanol–water partition coefficient (Wildman–Crippen LogP) is 2.76. The molecule has 1 aliphatic heterocycles. The van der Waals surface area contributed by atoms with Gasteiger partial charge in [0.25, 0.3) is 5.92 Å². The van der Waals surface area contributed by atoms with Gasteiger partial charge in [-0.3, -0.25) is 9.48 Å². The van der Waals surface area contributed by atoms with Crippen LogP contribution in [0.2, 0.25) is 0 Å². The lowest BCUT2D eigenvalue weighted by Crippen LogP contribution is -2.67. The average Bonchev–Trinajstić information content (AvgIpc) is 3.27. The predicted molar refractivity (Wildman–Crippen MR) is 110 cm³/mol. The minimum atomic E-state index is -2.98. The molecule has 0 aromatic carbocycles. The number of alkyl halides is 2. The molecule has 0 radical (unpaired) electrons. The third kappa shape index (κ3) is 3.69. The van der Waals surface area contributed by atoms with Gasteiger partial charge < -0.3 is 15.5 Å². The Labute approximate surface area is 181 Å². The molecule has 1 aromatic rings. The zero-order chi connectivity index (χ0) is 21.9. The molecule has 2 heterocycles. The van der Waals surface area contributed by atoms with Crippen molar-refractivity contribution >= 4 is 11.7 Å². The van der Waals surface area contributed by atoms with Crippen molar-refractivity contribution in [2.24, 2.45) is 11.8 Å². The van der Waals surface area contributed by atoms with Crippen molar-refractivity contribution in [3.8, 4) is 6.07 Å². The van der Waals surface area contributed by atoms with E-state index in [2.05, 4.69) is 22.7 Å². The number of aryl methyl sites for hydroxylation is 1. The number of likely N-dealkylation sites (tertiary alicyclic amines) is 1. The first-order chi connectivity index (χ1) is 14.7. The number of carbonyl (C=O) groups excluding carboxylic acids is 1. The number of anilines is 1. The summed E-state index contributed by atoms with van der Waals surface area (Å²) in [6.45, 7) is 2.23. The van der Waals surface area contributed by atoms with Gasteiger partial charge in [-0.2, -0.15) is 10.4 Å². The van der Waals surface area contributed by atoms with Gasteiger partial charge in [-0.25, -0.2) is 8.78 Å². The molecule has 3 atom stereocenters. The molecule has 1 aromatic heterocycles. The molecule has 0 spiro atoms. The van der Waals surface area contributed by atoms with Gasteiger partial charge in [0, 0.05) is 30.1 Å². The van der Waals surface area contributed by atoms with Crippen molar-refractivity contribution in [2.75, 3.05) is 18.4 Å². The Morgan fingerprint density at radius 3 is 2.65 bits per heavy atom. The molecule has 5 fully saturated rings. The third-order valence-electron chi connectivity index (χ3n) is 7.82. The number of halogens is 2. The van der Waals surface area contributed by atoms with E-state index in [1.807, 2.05) is 23.0 Å². The summed E-state index contributed by atoms with van der Waals surface area (Å²) in [4.78, 5) is 13.8. The van der Waals surface area contributed by atoms with Crippen LogP contribution in [0, 0.1) is 23.2 Å². The minimum Gasteiger partial charge on any atom is -0.365 e. The number of carbonyl (C=O) groups is 1. The molecule has 2 N–H and O–H groups in total. The van der Waals surface area contributed by atoms with Crippen molar-refractivity contribution < 1.29 is 13.6 Å². The quantitative estimate of drug-likeness (QED) is 0.722. The van der Waals surface area contributed by atoms with Crippen LogP contribution in [0.4, 0.5) is 14.6 Å². The van der Waals surface area contributed by atoms with Crippen molar-refractivity contribution in [1.29, 1.82) is 5.26 Å². The summed E-state index contributed by atoms with van der Waals surface area (Å²) in [5.74, 6) is -1.15. The van der Waals surface area contributed by atoms with Gasteiger partial charge in [0.1, 0.15) is 11.9 Å². The fourth-order valence-electron chi connectivity index (χ4n) is 7.14. The Morgan fingerprint density at radius 1 is 1.26 bits per heavy atom. The zero-order valence-electron chi connectivity index (χ0n) is 17.9. The van der Waals surface area contributed by atoms with Gasteiger partial charge >= 0.3 is 0 Å². The van der Waals surface area contributed by atoms with E-state index in [-0.39, 0.29) is 17.6 Å². The molecular weight excluding hydrogens is 402 g/mol. The standard InChI is InChI=1S/C22H30F2N6O/c1-2-30-18(3-4-27-30)28-21-8-15-5-16(9-21)7-20(6-15,13-21)26-12-19(31)29-14-22(23,24)10-17(29)11-25/h3-4,15-17,26,28H,2,5-10,12-14H2,1H3/t15?,16?,17-,20?,21?/m0/s1. The number of nitriles is 1. The van der Waals surface area contributed by atoms with E-state index >= 15 is 0 Å². The second kappa shape index (κ2) is 7.16. The van der Waals surface area contributed by atoms with Gasteiger partial charge in [0.2, 0.25) is 5.91 Å². The largest absolute Gasteiger partial charge is 0.365 e. The first-order valence-electron chi connectivity index (χ1n) is 11.4. The van der Waals surface area contributed by atoms with Gasteiger partial charge in [0.05, 0.1) is 25.4 Å². The average molecular weight is 433 g/mol. The molecule has 1 amide bonds. The zero-order valence-corrected chi connectivity index (χ0v) is 17.9. The lowest BCUT2D eigenvalue weighted by atomic mass is 9.50. The van der Waals surface area contributed by atoms with Crippen LogP contribution in [0.1, 0.15) is 51.9 Å². The maximum absolute atomic E-state index is 13.8. The Bertz CT molecular complexity index is 894. The molecule has 168 valence electrons. The van der Waals surface area contributed by atoms with Crippen LogP contribution < -0.4 is 10.6 Å². The SMILES string of the molecule is CCn1nccc1NC12CC3CC(CC(NCC(=O)N4CC(F)(F)C[C@H]4C#N)(C3)C1)C2. The van der Waals surface area contributed by atoms with E-state index in [9.17, 15) is 18.8 Å². The molecule has 7 nitrogen and oxygen atoms in total. The number of nitrogens with zero attached hydrogens (tertiary/aromatic N) is 4. The van der Waals surface area contributed by atoms with Crippen LogP contribution in [0.25, 0.3) is 0 Å². The van der Waals surface area contributed by atoms with Crippen LogP contribution in [-0.4, -0.2) is 56.7 Å². The summed E-state index contributed by atoms with van der Waals surface area (Å²) in [7, 11) is 0. The van der Waals surface area contributed by atoms with Crippen LogP contribution in [0.5, 0.6) is 0 Å². The lowest BCUT2D eigenvalue weighted by molar-refractivity contribution is -0.132. The minimum absolute atomic E-state index is 0.0106. The van der Waals surface area contributed by atoms with Crippen molar-refractivity contribution in [2.45, 2.75) is 81.5 Å². The van der Waals surface area contributed by atoms with E-state index < -0.39 is 30.8 Å². The summed E-state index contributed by atoms with van der Waals surface area (Å²) < 4.78 is 29.5. The van der Waals surface area contributed by atoms with E-state index in [1.165, 1.54) is 6.42 Å². The number of hydrogen-bond donors (Lipinski definition) is 2. The molecule has 1 saturated heterocycles. The molecule has 4 saturated carbocycles. The van der Waals surface area contributed by atoms with Crippen molar-refractivity contribution in [3.05, 3.63) is 12.3 Å². The fourth-order valence-corrected chi connectivity index (χ4v) is 7.14. The maximum Gasteiger partial charge on any atom is 0.268 e.